The quantitative estimate of drug-likeness (QED) is 0.330. The van der Waals surface area contributed by atoms with Crippen molar-refractivity contribution in [1.82, 2.24) is 15.5 Å². The van der Waals surface area contributed by atoms with Crippen molar-refractivity contribution in [3.63, 3.8) is 0 Å². The fraction of sp³-hybridized carbons (Fsp3) is 0.429. The monoisotopic (exact) mass is 503 g/mol. The maximum atomic E-state index is 12.9. The maximum Gasteiger partial charge on any atom is 0.339 e. The van der Waals surface area contributed by atoms with Gasteiger partial charge in [0.1, 0.15) is 0 Å². The number of benzene rings is 2. The Morgan fingerprint density at radius 3 is 2.33 bits per heavy atom. The van der Waals surface area contributed by atoms with Gasteiger partial charge in [-0.15, -0.1) is 22.0 Å². The molecule has 36 heavy (non-hydrogen) atoms. The highest BCUT2D eigenvalue weighted by molar-refractivity contribution is 8.00. The highest BCUT2D eigenvalue weighted by Gasteiger charge is 2.51. The van der Waals surface area contributed by atoms with Crippen molar-refractivity contribution in [2.75, 3.05) is 5.75 Å². The second-order valence-electron chi connectivity index (χ2n) is 10.5. The Morgan fingerprint density at radius 1 is 0.944 bits per heavy atom. The standard InChI is InChI=1S/C28H29N3O4S/c32-24(29-28-13-18-10-19(14-28)12-20(11-18)15-28)17-36-23-9-5-4-8-22(23)27(33)34-16-25-30-31-26(35-25)21-6-2-1-3-7-21/h1-9,18-20H,10-17H2,(H,29,32). The highest BCUT2D eigenvalue weighted by atomic mass is 32.2. The van der Waals surface area contributed by atoms with Gasteiger partial charge in [0.15, 0.2) is 6.61 Å². The highest BCUT2D eigenvalue weighted by Crippen LogP contribution is 2.55. The first-order valence-corrected chi connectivity index (χ1v) is 13.6. The molecule has 0 radical (unpaired) electrons. The number of ether oxygens (including phenoxy) is 1. The average Bonchev–Trinajstić information content (AvgIpc) is 3.35. The van der Waals surface area contributed by atoms with Crippen LogP contribution in [0.15, 0.2) is 63.9 Å². The zero-order valence-corrected chi connectivity index (χ0v) is 20.8. The molecule has 4 saturated carbocycles. The molecule has 4 aliphatic carbocycles. The number of carbonyl (C=O) groups is 2. The van der Waals surface area contributed by atoms with E-state index in [1.165, 1.54) is 31.0 Å². The van der Waals surface area contributed by atoms with Crippen molar-refractivity contribution >= 4 is 23.6 Å². The minimum Gasteiger partial charge on any atom is -0.452 e. The van der Waals surface area contributed by atoms with Gasteiger partial charge in [-0.3, -0.25) is 4.79 Å². The van der Waals surface area contributed by atoms with E-state index in [1.54, 1.807) is 12.1 Å². The van der Waals surface area contributed by atoms with Gasteiger partial charge in [0.25, 0.3) is 5.89 Å². The third-order valence-corrected chi connectivity index (χ3v) is 8.80. The van der Waals surface area contributed by atoms with Gasteiger partial charge >= 0.3 is 5.97 Å². The fourth-order valence-corrected chi connectivity index (χ4v) is 7.55. The number of thioether (sulfide) groups is 1. The van der Waals surface area contributed by atoms with Crippen LogP contribution in [0.25, 0.3) is 11.5 Å². The molecule has 3 aromatic rings. The molecule has 2 aromatic carbocycles. The summed E-state index contributed by atoms with van der Waals surface area (Å²) in [5, 5.41) is 11.4. The van der Waals surface area contributed by atoms with Gasteiger partial charge in [-0.2, -0.15) is 0 Å². The van der Waals surface area contributed by atoms with Crippen LogP contribution in [0.4, 0.5) is 0 Å². The molecule has 7 nitrogen and oxygen atoms in total. The van der Waals surface area contributed by atoms with Crippen molar-refractivity contribution in [2.45, 2.75) is 55.6 Å². The summed E-state index contributed by atoms with van der Waals surface area (Å²) in [6, 6.07) is 16.6. The van der Waals surface area contributed by atoms with E-state index in [9.17, 15) is 9.59 Å². The van der Waals surface area contributed by atoms with Crippen LogP contribution < -0.4 is 5.32 Å². The van der Waals surface area contributed by atoms with Crippen LogP contribution in [0.1, 0.15) is 54.8 Å². The van der Waals surface area contributed by atoms with Crippen LogP contribution >= 0.6 is 11.8 Å². The summed E-state index contributed by atoms with van der Waals surface area (Å²) in [5.74, 6) is 2.77. The molecule has 4 bridgehead atoms. The van der Waals surface area contributed by atoms with Crippen LogP contribution in [-0.2, 0) is 16.1 Å². The summed E-state index contributed by atoms with van der Waals surface area (Å²) < 4.78 is 11.1. The summed E-state index contributed by atoms with van der Waals surface area (Å²) in [4.78, 5) is 26.5. The first kappa shape index (κ1) is 23.3. The third-order valence-electron chi connectivity index (χ3n) is 7.72. The van der Waals surface area contributed by atoms with Crippen molar-refractivity contribution < 1.29 is 18.7 Å². The first-order valence-electron chi connectivity index (χ1n) is 12.6. The largest absolute Gasteiger partial charge is 0.452 e. The molecular formula is C28H29N3O4S. The van der Waals surface area contributed by atoms with Crippen molar-refractivity contribution in [2.24, 2.45) is 17.8 Å². The SMILES string of the molecule is O=C(CSc1ccccc1C(=O)OCc1nnc(-c2ccccc2)o1)NC12CC3CC(CC(C3)C1)C2. The summed E-state index contributed by atoms with van der Waals surface area (Å²) in [6.45, 7) is -0.121. The lowest BCUT2D eigenvalue weighted by Gasteiger charge is -2.56. The van der Waals surface area contributed by atoms with Crippen LogP contribution in [-0.4, -0.2) is 33.4 Å². The molecule has 1 aromatic heterocycles. The van der Waals surface area contributed by atoms with Gasteiger partial charge in [0, 0.05) is 16.0 Å². The lowest BCUT2D eigenvalue weighted by molar-refractivity contribution is -0.124. The van der Waals surface area contributed by atoms with E-state index in [0.29, 0.717) is 11.5 Å². The minimum absolute atomic E-state index is 0.00643. The minimum atomic E-state index is -0.487. The van der Waals surface area contributed by atoms with Gasteiger partial charge in [0.2, 0.25) is 11.8 Å². The molecule has 0 unspecified atom stereocenters. The molecular weight excluding hydrogens is 474 g/mol. The topological polar surface area (TPSA) is 94.3 Å². The normalized spacial score (nSPS) is 26.1. The van der Waals surface area contributed by atoms with Gasteiger partial charge < -0.3 is 14.5 Å². The fourth-order valence-electron chi connectivity index (χ4n) is 6.71. The van der Waals surface area contributed by atoms with Crippen molar-refractivity contribution in [3.05, 3.63) is 66.1 Å². The molecule has 0 atom stereocenters. The number of aromatic nitrogens is 2. The number of amides is 1. The first-order chi connectivity index (χ1) is 17.6. The number of esters is 1. The van der Waals surface area contributed by atoms with E-state index in [0.717, 1.165) is 47.5 Å². The Balaban J connectivity index is 1.05. The van der Waals surface area contributed by atoms with Gasteiger partial charge in [-0.1, -0.05) is 30.3 Å². The lowest BCUT2D eigenvalue weighted by atomic mass is 9.53. The molecule has 0 aliphatic heterocycles. The van der Waals surface area contributed by atoms with Crippen LogP contribution in [0.2, 0.25) is 0 Å². The van der Waals surface area contributed by atoms with Crippen LogP contribution in [0.3, 0.4) is 0 Å². The molecule has 7 rings (SSSR count). The summed E-state index contributed by atoms with van der Waals surface area (Å²) >= 11 is 1.37. The van der Waals surface area contributed by atoms with E-state index < -0.39 is 5.97 Å². The average molecular weight is 504 g/mol. The molecule has 1 N–H and O–H groups in total. The molecule has 1 heterocycles. The maximum absolute atomic E-state index is 12.9. The number of rotatable bonds is 8. The summed E-state index contributed by atoms with van der Waals surface area (Å²) in [7, 11) is 0. The Labute approximate surface area is 214 Å². The van der Waals surface area contributed by atoms with Crippen molar-refractivity contribution in [1.29, 1.82) is 0 Å². The van der Waals surface area contributed by atoms with Crippen LogP contribution in [0, 0.1) is 17.8 Å². The number of nitrogens with zero attached hydrogens (tertiary/aromatic N) is 2. The van der Waals surface area contributed by atoms with E-state index in [-0.39, 0.29) is 29.7 Å². The molecule has 8 heteroatoms. The number of hydrogen-bond donors (Lipinski definition) is 1. The van der Waals surface area contributed by atoms with E-state index in [2.05, 4.69) is 15.5 Å². The predicted molar refractivity (Wildman–Crippen MR) is 135 cm³/mol. The zero-order chi connectivity index (χ0) is 24.5. The van der Waals surface area contributed by atoms with E-state index in [4.69, 9.17) is 9.15 Å². The molecule has 186 valence electrons. The Kier molecular flexibility index (Phi) is 6.29. The lowest BCUT2D eigenvalue weighted by Crippen LogP contribution is -2.60. The molecule has 0 spiro atoms. The predicted octanol–water partition coefficient (Wildman–Crippen LogP) is 5.27. The second kappa shape index (κ2) is 9.73. The van der Waals surface area contributed by atoms with Crippen LogP contribution in [0.5, 0.6) is 0 Å². The molecule has 4 aliphatic rings. The molecule has 1 amide bonds. The van der Waals surface area contributed by atoms with Gasteiger partial charge in [0.05, 0.1) is 11.3 Å². The zero-order valence-electron chi connectivity index (χ0n) is 20.0. The van der Waals surface area contributed by atoms with Gasteiger partial charge in [-0.05, 0) is 80.5 Å². The Morgan fingerprint density at radius 2 is 1.61 bits per heavy atom. The smallest absolute Gasteiger partial charge is 0.339 e. The second-order valence-corrected chi connectivity index (χ2v) is 11.5. The van der Waals surface area contributed by atoms with E-state index in [1.807, 2.05) is 42.5 Å². The third kappa shape index (κ3) is 4.91. The number of nitrogens with one attached hydrogen (secondary N) is 1. The Hall–Kier alpha value is -3.13. The summed E-state index contributed by atoms with van der Waals surface area (Å²) in [6.07, 6.45) is 7.41. The van der Waals surface area contributed by atoms with Gasteiger partial charge in [-0.25, -0.2) is 4.79 Å². The van der Waals surface area contributed by atoms with E-state index >= 15 is 0 Å². The van der Waals surface area contributed by atoms with Crippen molar-refractivity contribution in [3.8, 4) is 11.5 Å². The summed E-state index contributed by atoms with van der Waals surface area (Å²) in [5.41, 5.74) is 1.22. The number of carbonyl (C=O) groups excluding carboxylic acids is 2. The molecule has 0 saturated heterocycles. The number of hydrogen-bond acceptors (Lipinski definition) is 7. The Bertz CT molecular complexity index is 1220. The molecule has 4 fully saturated rings.